The van der Waals surface area contributed by atoms with Gasteiger partial charge in [0.25, 0.3) is 10.1 Å². The van der Waals surface area contributed by atoms with Crippen LogP contribution in [0, 0.1) is 0 Å². The number of unbranched alkanes of at least 4 members (excludes halogenated alkanes) is 3. The van der Waals surface area contributed by atoms with Crippen molar-refractivity contribution in [3.63, 3.8) is 0 Å². The lowest BCUT2D eigenvalue weighted by Gasteiger charge is -2.14. The average molecular weight is 314 g/mol. The van der Waals surface area contributed by atoms with E-state index in [4.69, 9.17) is 9.29 Å². The smallest absolute Gasteiger partial charge is 0.265 e. The Balaban J connectivity index is 2.38. The Morgan fingerprint density at radius 2 is 1.81 bits per heavy atom. The second-order valence-corrected chi connectivity index (χ2v) is 6.92. The van der Waals surface area contributed by atoms with Gasteiger partial charge in [-0.15, -0.1) is 0 Å². The highest BCUT2D eigenvalue weighted by Gasteiger charge is 2.08. The van der Waals surface area contributed by atoms with E-state index in [0.717, 1.165) is 24.2 Å². The number of benzene rings is 1. The molecular formula is C16H26O4S. The summed E-state index contributed by atoms with van der Waals surface area (Å²) in [5, 5.41) is 0. The van der Waals surface area contributed by atoms with Gasteiger partial charge in [0.15, 0.2) is 0 Å². The maximum absolute atomic E-state index is 10.7. The normalized spacial score (nSPS) is 13.3. The van der Waals surface area contributed by atoms with Gasteiger partial charge in [0.2, 0.25) is 0 Å². The molecule has 0 saturated carbocycles. The van der Waals surface area contributed by atoms with Gasteiger partial charge in [-0.3, -0.25) is 4.55 Å². The molecule has 1 N–H and O–H groups in total. The molecule has 1 aromatic rings. The van der Waals surface area contributed by atoms with Gasteiger partial charge in [-0.1, -0.05) is 50.5 Å². The number of hydrogen-bond donors (Lipinski definition) is 1. The molecule has 0 fully saturated rings. The van der Waals surface area contributed by atoms with Crippen molar-refractivity contribution in [3.8, 4) is 0 Å². The highest BCUT2D eigenvalue weighted by molar-refractivity contribution is 7.85. The Kier molecular flexibility index (Phi) is 7.93. The molecule has 0 amide bonds. The predicted octanol–water partition coefficient (Wildman–Crippen LogP) is 3.77. The Morgan fingerprint density at radius 1 is 1.14 bits per heavy atom. The van der Waals surface area contributed by atoms with Gasteiger partial charge in [-0.05, 0) is 30.9 Å². The quantitative estimate of drug-likeness (QED) is 0.527. The Labute approximate surface area is 128 Å². The molecule has 0 spiro atoms. The summed E-state index contributed by atoms with van der Waals surface area (Å²) in [7, 11) is -3.89. The van der Waals surface area contributed by atoms with Crippen LogP contribution < -0.4 is 0 Å². The third-order valence-electron chi connectivity index (χ3n) is 3.46. The van der Waals surface area contributed by atoms with Gasteiger partial charge in [0.05, 0.1) is 11.9 Å². The molecule has 21 heavy (non-hydrogen) atoms. The highest BCUT2D eigenvalue weighted by Crippen LogP contribution is 2.18. The monoisotopic (exact) mass is 314 g/mol. The summed E-state index contributed by atoms with van der Waals surface area (Å²) in [5.41, 5.74) is 1.98. The summed E-state index contributed by atoms with van der Waals surface area (Å²) in [5.74, 6) is -0.240. The first-order chi connectivity index (χ1) is 9.92. The average Bonchev–Trinajstić information content (AvgIpc) is 2.44. The molecule has 0 aliphatic rings. The second-order valence-electron chi connectivity index (χ2n) is 5.35. The van der Waals surface area contributed by atoms with E-state index in [0.29, 0.717) is 6.42 Å². The first-order valence-corrected chi connectivity index (χ1v) is 9.19. The van der Waals surface area contributed by atoms with Gasteiger partial charge in [-0.25, -0.2) is 0 Å². The van der Waals surface area contributed by atoms with E-state index in [1.165, 1.54) is 19.3 Å². The molecule has 0 aliphatic carbocycles. The van der Waals surface area contributed by atoms with Crippen molar-refractivity contribution in [2.45, 2.75) is 52.1 Å². The standard InChI is InChI=1S/C16H26O4S/c1-3-4-5-6-12-20-14(2)16-9-7-15(8-10-16)11-13-21(17,18)19/h7-10,14H,3-6,11-13H2,1-2H3,(H,17,18,19). The fourth-order valence-corrected chi connectivity index (χ4v) is 2.58. The van der Waals surface area contributed by atoms with Gasteiger partial charge in [0, 0.05) is 6.61 Å². The number of ether oxygens (including phenoxy) is 1. The molecule has 0 radical (unpaired) electrons. The molecule has 0 saturated heterocycles. The molecule has 0 aromatic heterocycles. The van der Waals surface area contributed by atoms with E-state index in [9.17, 15) is 8.42 Å². The fourth-order valence-electron chi connectivity index (χ4n) is 2.09. The van der Waals surface area contributed by atoms with E-state index in [2.05, 4.69) is 6.92 Å². The van der Waals surface area contributed by atoms with Crippen LogP contribution in [0.25, 0.3) is 0 Å². The first kappa shape index (κ1) is 18.1. The van der Waals surface area contributed by atoms with Crippen LogP contribution >= 0.6 is 0 Å². The van der Waals surface area contributed by atoms with Crippen molar-refractivity contribution in [2.24, 2.45) is 0 Å². The topological polar surface area (TPSA) is 63.6 Å². The fraction of sp³-hybridized carbons (Fsp3) is 0.625. The maximum atomic E-state index is 10.7. The molecule has 0 aliphatic heterocycles. The van der Waals surface area contributed by atoms with Crippen molar-refractivity contribution < 1.29 is 17.7 Å². The van der Waals surface area contributed by atoms with Crippen LogP contribution in [0.15, 0.2) is 24.3 Å². The number of hydrogen-bond acceptors (Lipinski definition) is 3. The Morgan fingerprint density at radius 3 is 2.38 bits per heavy atom. The largest absolute Gasteiger partial charge is 0.374 e. The summed E-state index contributed by atoms with van der Waals surface area (Å²) in [6, 6.07) is 7.68. The van der Waals surface area contributed by atoms with E-state index >= 15 is 0 Å². The molecule has 0 bridgehead atoms. The molecule has 1 atom stereocenters. The Bertz CT molecular complexity index is 494. The molecule has 4 nitrogen and oxygen atoms in total. The third kappa shape index (κ3) is 8.19. The van der Waals surface area contributed by atoms with E-state index in [-0.39, 0.29) is 11.9 Å². The summed E-state index contributed by atoms with van der Waals surface area (Å²) in [4.78, 5) is 0. The lowest BCUT2D eigenvalue weighted by atomic mass is 10.1. The van der Waals surface area contributed by atoms with Crippen molar-refractivity contribution in [3.05, 3.63) is 35.4 Å². The lowest BCUT2D eigenvalue weighted by molar-refractivity contribution is 0.0628. The number of rotatable bonds is 10. The Hall–Kier alpha value is -0.910. The minimum atomic E-state index is -3.89. The molecule has 120 valence electrons. The van der Waals surface area contributed by atoms with Gasteiger partial charge in [-0.2, -0.15) is 8.42 Å². The van der Waals surface area contributed by atoms with Crippen LogP contribution in [0.2, 0.25) is 0 Å². The third-order valence-corrected chi connectivity index (χ3v) is 4.18. The summed E-state index contributed by atoms with van der Waals surface area (Å²) >= 11 is 0. The van der Waals surface area contributed by atoms with Crippen molar-refractivity contribution in [1.29, 1.82) is 0 Å². The molecule has 0 heterocycles. The summed E-state index contributed by atoms with van der Waals surface area (Å²) in [6.45, 7) is 4.98. The minimum absolute atomic E-state index is 0.0438. The zero-order valence-corrected chi connectivity index (χ0v) is 13.7. The van der Waals surface area contributed by atoms with E-state index in [1.54, 1.807) is 0 Å². The highest BCUT2D eigenvalue weighted by atomic mass is 32.2. The zero-order chi connectivity index (χ0) is 15.7. The van der Waals surface area contributed by atoms with Crippen LogP contribution in [0.4, 0.5) is 0 Å². The molecule has 5 heteroatoms. The molecule has 1 unspecified atom stereocenters. The summed E-state index contributed by atoms with van der Waals surface area (Å²) < 4.78 is 35.9. The van der Waals surface area contributed by atoms with Gasteiger partial charge >= 0.3 is 0 Å². The maximum Gasteiger partial charge on any atom is 0.265 e. The SMILES string of the molecule is CCCCCCOC(C)c1ccc(CCS(=O)(=O)O)cc1. The number of aryl methyl sites for hydroxylation is 1. The van der Waals surface area contributed by atoms with Crippen molar-refractivity contribution in [2.75, 3.05) is 12.4 Å². The summed E-state index contributed by atoms with van der Waals surface area (Å²) in [6.07, 6.45) is 5.14. The second kappa shape index (κ2) is 9.18. The minimum Gasteiger partial charge on any atom is -0.374 e. The predicted molar refractivity (Wildman–Crippen MR) is 85.1 cm³/mol. The van der Waals surface area contributed by atoms with Gasteiger partial charge < -0.3 is 4.74 Å². The van der Waals surface area contributed by atoms with E-state index in [1.807, 2.05) is 31.2 Å². The lowest BCUT2D eigenvalue weighted by Crippen LogP contribution is -2.07. The van der Waals surface area contributed by atoms with Crippen LogP contribution in [0.1, 0.15) is 56.8 Å². The first-order valence-electron chi connectivity index (χ1n) is 7.58. The van der Waals surface area contributed by atoms with E-state index < -0.39 is 10.1 Å². The molecular weight excluding hydrogens is 288 g/mol. The van der Waals surface area contributed by atoms with Crippen LogP contribution in [-0.2, 0) is 21.3 Å². The van der Waals surface area contributed by atoms with Crippen LogP contribution in [0.3, 0.4) is 0 Å². The van der Waals surface area contributed by atoms with Crippen molar-refractivity contribution in [1.82, 2.24) is 0 Å². The van der Waals surface area contributed by atoms with Crippen LogP contribution in [0.5, 0.6) is 0 Å². The zero-order valence-electron chi connectivity index (χ0n) is 12.9. The van der Waals surface area contributed by atoms with Crippen molar-refractivity contribution >= 4 is 10.1 Å². The molecule has 1 aromatic carbocycles. The molecule has 1 rings (SSSR count). The van der Waals surface area contributed by atoms with Crippen LogP contribution in [-0.4, -0.2) is 25.3 Å². The van der Waals surface area contributed by atoms with Gasteiger partial charge in [0.1, 0.15) is 0 Å².